The van der Waals surface area contributed by atoms with Crippen molar-refractivity contribution in [3.8, 4) is 11.5 Å². The van der Waals surface area contributed by atoms with Crippen molar-refractivity contribution in [2.75, 3.05) is 20.3 Å². The van der Waals surface area contributed by atoms with E-state index in [-0.39, 0.29) is 25.5 Å². The number of ether oxygens (including phenoxy) is 3. The van der Waals surface area contributed by atoms with E-state index in [1.165, 1.54) is 12.1 Å². The zero-order valence-electron chi connectivity index (χ0n) is 24.6. The van der Waals surface area contributed by atoms with Crippen LogP contribution in [0.1, 0.15) is 34.8 Å². The van der Waals surface area contributed by atoms with Gasteiger partial charge in [-0.3, -0.25) is 4.79 Å². The molecule has 45 heavy (non-hydrogen) atoms. The highest BCUT2D eigenvalue weighted by Crippen LogP contribution is 2.44. The fourth-order valence-electron chi connectivity index (χ4n) is 5.17. The van der Waals surface area contributed by atoms with E-state index in [1.807, 2.05) is 6.07 Å². The Balaban J connectivity index is 1.61. The van der Waals surface area contributed by atoms with E-state index >= 15 is 0 Å². The lowest BCUT2D eigenvalue weighted by Crippen LogP contribution is -2.49. The second-order valence-corrected chi connectivity index (χ2v) is 10.4. The molecule has 10 nitrogen and oxygen atoms in total. The van der Waals surface area contributed by atoms with Crippen molar-refractivity contribution in [2.24, 2.45) is 10.1 Å². The summed E-state index contributed by atoms with van der Waals surface area (Å²) in [5, 5.41) is 15.9. The molecule has 0 saturated heterocycles. The van der Waals surface area contributed by atoms with Gasteiger partial charge in [-0.05, 0) is 70.8 Å². The molecule has 0 unspecified atom stereocenters. The van der Waals surface area contributed by atoms with Crippen molar-refractivity contribution in [3.05, 3.63) is 136 Å². The first-order chi connectivity index (χ1) is 22.0. The zero-order valence-corrected chi connectivity index (χ0v) is 24.6. The second kappa shape index (κ2) is 14.4. The Morgan fingerprint density at radius 3 is 2.62 bits per heavy atom. The van der Waals surface area contributed by atoms with Crippen LogP contribution in [0.5, 0.6) is 11.5 Å². The number of aliphatic hydroxyl groups excluding tert-OH is 1. The molecule has 1 amide bonds. The molecule has 0 aliphatic carbocycles. The third-order valence-corrected chi connectivity index (χ3v) is 7.37. The van der Waals surface area contributed by atoms with Gasteiger partial charge in [0.1, 0.15) is 17.3 Å². The number of azide groups is 1. The number of hydrogen-bond acceptors (Lipinski definition) is 7. The van der Waals surface area contributed by atoms with E-state index in [0.29, 0.717) is 52.5 Å². The average Bonchev–Trinajstić information content (AvgIpc) is 3.45. The van der Waals surface area contributed by atoms with Gasteiger partial charge < -0.3 is 24.6 Å². The van der Waals surface area contributed by atoms with Crippen LogP contribution in [0.3, 0.4) is 0 Å². The molecule has 0 spiro atoms. The van der Waals surface area contributed by atoms with Crippen molar-refractivity contribution >= 4 is 17.5 Å². The van der Waals surface area contributed by atoms with Crippen molar-refractivity contribution in [2.45, 2.75) is 31.0 Å². The first kappa shape index (κ1) is 31.1. The normalized spacial score (nSPS) is 17.0. The van der Waals surface area contributed by atoms with Crippen LogP contribution >= 0.6 is 0 Å². The number of halogens is 1. The average molecular weight is 610 g/mol. The lowest BCUT2D eigenvalue weighted by Gasteiger charge is -2.31. The molecular weight excluding hydrogens is 577 g/mol. The molecule has 0 bridgehead atoms. The van der Waals surface area contributed by atoms with E-state index in [4.69, 9.17) is 24.3 Å². The molecule has 1 aliphatic heterocycles. The number of hydrogen-bond donors (Lipinski definition) is 2. The van der Waals surface area contributed by atoms with Crippen molar-refractivity contribution < 1.29 is 28.5 Å². The summed E-state index contributed by atoms with van der Waals surface area (Å²) in [6.07, 6.45) is -0.398. The number of nitrogens with one attached hydrogen (secondary N) is 1. The quantitative estimate of drug-likeness (QED) is 0.0787. The van der Waals surface area contributed by atoms with Crippen LogP contribution in [0.2, 0.25) is 0 Å². The number of carbonyl (C=O) groups excluding carboxylic acids is 1. The van der Waals surface area contributed by atoms with Gasteiger partial charge in [0.25, 0.3) is 5.91 Å². The first-order valence-corrected chi connectivity index (χ1v) is 14.4. The van der Waals surface area contributed by atoms with Gasteiger partial charge in [-0.25, -0.2) is 9.38 Å². The topological polar surface area (TPSA) is 138 Å². The highest BCUT2D eigenvalue weighted by atomic mass is 19.1. The van der Waals surface area contributed by atoms with Gasteiger partial charge in [0.2, 0.25) is 5.90 Å². The molecule has 1 aliphatic rings. The molecule has 2 atom stereocenters. The van der Waals surface area contributed by atoms with Crippen molar-refractivity contribution in [1.82, 2.24) is 5.32 Å². The minimum Gasteiger partial charge on any atom is -0.497 e. The summed E-state index contributed by atoms with van der Waals surface area (Å²) in [5.41, 5.74) is 10.4. The van der Waals surface area contributed by atoms with Gasteiger partial charge in [0, 0.05) is 42.2 Å². The lowest BCUT2D eigenvalue weighted by atomic mass is 9.81. The molecule has 2 N–H and O–H groups in total. The van der Waals surface area contributed by atoms with Crippen molar-refractivity contribution in [1.29, 1.82) is 0 Å². The van der Waals surface area contributed by atoms with Gasteiger partial charge in [-0.2, -0.15) is 0 Å². The molecule has 5 rings (SSSR count). The number of aliphatic hydroxyl groups is 1. The van der Waals surface area contributed by atoms with Crippen LogP contribution in [0.25, 0.3) is 10.4 Å². The highest BCUT2D eigenvalue weighted by molar-refractivity contribution is 6.01. The number of carbonyl (C=O) groups is 1. The third kappa shape index (κ3) is 7.23. The van der Waals surface area contributed by atoms with Gasteiger partial charge in [-0.15, -0.1) is 0 Å². The summed E-state index contributed by atoms with van der Waals surface area (Å²) < 4.78 is 31.7. The summed E-state index contributed by atoms with van der Waals surface area (Å²) in [6, 6.07) is 27.3. The Morgan fingerprint density at radius 1 is 1.07 bits per heavy atom. The molecule has 0 saturated carbocycles. The van der Waals surface area contributed by atoms with Crippen LogP contribution in [-0.4, -0.2) is 42.8 Å². The number of methoxy groups -OCH3 is 1. The Hall–Kier alpha value is -5.38. The van der Waals surface area contributed by atoms with Crippen LogP contribution < -0.4 is 14.8 Å². The SMILES string of the molecule is COc1cccc([C@H]2OC(c3ccc(OCCCO)cc3)=N[C@@]2(Cc2ccccc2N=[N+]=[N-])C(=O)NCc2cccc(F)c2)c1. The molecule has 4 aromatic rings. The maximum absolute atomic E-state index is 14.4. The van der Waals surface area contributed by atoms with Crippen LogP contribution in [0.15, 0.2) is 107 Å². The molecule has 0 aromatic heterocycles. The third-order valence-electron chi connectivity index (χ3n) is 7.37. The molecule has 1 heterocycles. The molecular formula is C34H32FN5O5. The fraction of sp³-hybridized carbons (Fsp3) is 0.235. The van der Waals surface area contributed by atoms with E-state index < -0.39 is 23.4 Å². The minimum atomic E-state index is -1.58. The number of amides is 1. The number of rotatable bonds is 13. The number of benzene rings is 4. The highest BCUT2D eigenvalue weighted by Gasteiger charge is 2.53. The Labute approximate surface area is 259 Å². The fourth-order valence-corrected chi connectivity index (χ4v) is 5.17. The van der Waals surface area contributed by atoms with Crippen molar-refractivity contribution in [3.63, 3.8) is 0 Å². The maximum atomic E-state index is 14.4. The smallest absolute Gasteiger partial charge is 0.252 e. The minimum absolute atomic E-state index is 0.0188. The summed E-state index contributed by atoms with van der Waals surface area (Å²) in [6.45, 7) is 0.441. The van der Waals surface area contributed by atoms with E-state index in [1.54, 1.807) is 86.0 Å². The number of nitrogens with zero attached hydrogens (tertiary/aromatic N) is 4. The van der Waals surface area contributed by atoms with Gasteiger partial charge >= 0.3 is 0 Å². The molecule has 11 heteroatoms. The predicted octanol–water partition coefficient (Wildman–Crippen LogP) is 6.35. The molecule has 230 valence electrons. The Kier molecular flexibility index (Phi) is 9.93. The van der Waals surface area contributed by atoms with E-state index in [9.17, 15) is 14.7 Å². The molecule has 4 aromatic carbocycles. The van der Waals surface area contributed by atoms with E-state index in [2.05, 4.69) is 15.3 Å². The maximum Gasteiger partial charge on any atom is 0.252 e. The van der Waals surface area contributed by atoms with Gasteiger partial charge in [0.15, 0.2) is 11.6 Å². The molecule has 0 radical (unpaired) electrons. The summed E-state index contributed by atoms with van der Waals surface area (Å²) in [4.78, 5) is 22.4. The summed E-state index contributed by atoms with van der Waals surface area (Å²) in [7, 11) is 1.55. The monoisotopic (exact) mass is 609 g/mol. The second-order valence-electron chi connectivity index (χ2n) is 10.4. The predicted molar refractivity (Wildman–Crippen MR) is 167 cm³/mol. The van der Waals surface area contributed by atoms with Gasteiger partial charge in [0.05, 0.1) is 13.7 Å². The lowest BCUT2D eigenvalue weighted by molar-refractivity contribution is -0.129. The zero-order chi connectivity index (χ0) is 31.6. The number of aliphatic imine (C=N–C) groups is 1. The summed E-state index contributed by atoms with van der Waals surface area (Å²) >= 11 is 0. The Morgan fingerprint density at radius 2 is 1.87 bits per heavy atom. The van der Waals surface area contributed by atoms with Crippen LogP contribution in [0, 0.1) is 5.82 Å². The first-order valence-electron chi connectivity index (χ1n) is 14.4. The summed E-state index contributed by atoms with van der Waals surface area (Å²) in [5.74, 6) is 0.526. The Bertz CT molecular complexity index is 1720. The van der Waals surface area contributed by atoms with Gasteiger partial charge in [-0.1, -0.05) is 53.6 Å². The molecule has 0 fully saturated rings. The van der Waals surface area contributed by atoms with E-state index in [0.717, 1.165) is 0 Å². The van der Waals surface area contributed by atoms with Crippen LogP contribution in [0.4, 0.5) is 10.1 Å². The van der Waals surface area contributed by atoms with Crippen LogP contribution in [-0.2, 0) is 22.5 Å². The largest absolute Gasteiger partial charge is 0.497 e. The standard InChI is InChI=1S/C34H32FN5O5/c1-43-29-11-5-9-25(20-29)31-34(21-26-8-2-3-12-30(26)39-40-36,33(42)37-22-23-7-4-10-27(35)19-23)38-32(45-31)24-13-15-28(16-14-24)44-18-6-17-41/h2-5,7-16,19-20,31,41H,6,17-18,21-22H2,1H3,(H,37,42)/t31-,34-/m1/s1.